The number of fused-ring (bicyclic) bond motifs is 1. The average Bonchev–Trinajstić information content (AvgIpc) is 3.41. The van der Waals surface area contributed by atoms with Crippen molar-refractivity contribution < 1.29 is 13.8 Å². The number of nitrogens with zero attached hydrogens (tertiary/aromatic N) is 4. The highest BCUT2D eigenvalue weighted by Crippen LogP contribution is 2.22. The second kappa shape index (κ2) is 6.76. The molecule has 0 bridgehead atoms. The SMILES string of the molecule is O=c1[nH]c(Cc2nc(C3=CCCCO3)no2)nc2ccc(-c3cnoc3)cc12. The summed E-state index contributed by atoms with van der Waals surface area (Å²) in [6, 6.07) is 5.41. The highest BCUT2D eigenvalue weighted by atomic mass is 16.5. The Morgan fingerprint density at radius 2 is 2.14 bits per heavy atom. The molecule has 9 heteroatoms. The highest BCUT2D eigenvalue weighted by molar-refractivity contribution is 5.83. The van der Waals surface area contributed by atoms with E-state index in [-0.39, 0.29) is 12.0 Å². The molecule has 1 aromatic carbocycles. The quantitative estimate of drug-likeness (QED) is 0.576. The van der Waals surface area contributed by atoms with Crippen LogP contribution in [0.1, 0.15) is 30.4 Å². The van der Waals surface area contributed by atoms with Gasteiger partial charge in [0.25, 0.3) is 5.56 Å². The van der Waals surface area contributed by atoms with Crippen LogP contribution in [0.15, 0.2) is 50.6 Å². The Morgan fingerprint density at radius 3 is 2.96 bits per heavy atom. The Hall–Kier alpha value is -3.75. The van der Waals surface area contributed by atoms with Crippen molar-refractivity contribution in [1.82, 2.24) is 25.3 Å². The van der Waals surface area contributed by atoms with Gasteiger partial charge in [0.2, 0.25) is 11.7 Å². The molecule has 9 nitrogen and oxygen atoms in total. The molecule has 1 aliphatic rings. The largest absolute Gasteiger partial charge is 0.490 e. The maximum atomic E-state index is 12.5. The van der Waals surface area contributed by atoms with Crippen LogP contribution in [0.25, 0.3) is 27.8 Å². The van der Waals surface area contributed by atoms with Crippen LogP contribution in [0, 0.1) is 0 Å². The third-order valence-corrected chi connectivity index (χ3v) is 4.46. The smallest absolute Gasteiger partial charge is 0.258 e. The van der Waals surface area contributed by atoms with Gasteiger partial charge in [0.1, 0.15) is 12.1 Å². The normalized spacial score (nSPS) is 14.1. The summed E-state index contributed by atoms with van der Waals surface area (Å²) in [6.45, 7) is 0.645. The van der Waals surface area contributed by atoms with Gasteiger partial charge in [0, 0.05) is 5.56 Å². The number of benzene rings is 1. The molecule has 0 unspecified atom stereocenters. The minimum Gasteiger partial charge on any atom is -0.490 e. The number of aromatic nitrogens is 5. The standard InChI is InChI=1S/C19H15N5O4/c25-19-13-7-11(12-9-20-27-10-12)4-5-14(13)21-16(22-19)8-17-23-18(24-28-17)15-3-1-2-6-26-15/h3-5,7,9-10H,1-2,6,8H2,(H,21,22,25). The monoisotopic (exact) mass is 377 g/mol. The number of allylic oxidation sites excluding steroid dienone is 1. The van der Waals surface area contributed by atoms with E-state index < -0.39 is 0 Å². The van der Waals surface area contributed by atoms with Crippen LogP contribution < -0.4 is 5.56 Å². The zero-order chi connectivity index (χ0) is 18.9. The molecule has 1 N–H and O–H groups in total. The van der Waals surface area contributed by atoms with Gasteiger partial charge in [-0.3, -0.25) is 4.79 Å². The van der Waals surface area contributed by atoms with E-state index in [1.165, 1.54) is 6.26 Å². The average molecular weight is 377 g/mol. The fraction of sp³-hybridized carbons (Fsp3) is 0.211. The Bertz CT molecular complexity index is 1220. The van der Waals surface area contributed by atoms with Crippen LogP contribution >= 0.6 is 0 Å². The maximum absolute atomic E-state index is 12.5. The molecule has 0 radical (unpaired) electrons. The van der Waals surface area contributed by atoms with Crippen LogP contribution in [0.2, 0.25) is 0 Å². The van der Waals surface area contributed by atoms with E-state index in [2.05, 4.69) is 25.3 Å². The van der Waals surface area contributed by atoms with Crippen molar-refractivity contribution in [3.05, 3.63) is 64.6 Å². The molecule has 0 spiro atoms. The zero-order valence-corrected chi connectivity index (χ0v) is 14.7. The molecule has 0 saturated carbocycles. The number of aromatic amines is 1. The van der Waals surface area contributed by atoms with E-state index in [9.17, 15) is 4.79 Å². The fourth-order valence-electron chi connectivity index (χ4n) is 3.08. The summed E-state index contributed by atoms with van der Waals surface area (Å²) in [5, 5.41) is 8.11. The first-order valence-corrected chi connectivity index (χ1v) is 8.85. The minimum atomic E-state index is -0.239. The van der Waals surface area contributed by atoms with Gasteiger partial charge >= 0.3 is 0 Å². The zero-order valence-electron chi connectivity index (χ0n) is 14.7. The summed E-state index contributed by atoms with van der Waals surface area (Å²) >= 11 is 0. The van der Waals surface area contributed by atoms with Gasteiger partial charge in [0.05, 0.1) is 30.1 Å². The molecule has 5 rings (SSSR count). The maximum Gasteiger partial charge on any atom is 0.258 e. The summed E-state index contributed by atoms with van der Waals surface area (Å²) in [7, 11) is 0. The molecule has 3 aromatic heterocycles. The molecule has 28 heavy (non-hydrogen) atoms. The van der Waals surface area contributed by atoms with Gasteiger partial charge in [0.15, 0.2) is 5.76 Å². The summed E-state index contributed by atoms with van der Waals surface area (Å²) < 4.78 is 15.7. The Morgan fingerprint density at radius 1 is 1.18 bits per heavy atom. The van der Waals surface area contributed by atoms with E-state index in [1.807, 2.05) is 12.1 Å². The lowest BCUT2D eigenvalue weighted by atomic mass is 10.1. The lowest BCUT2D eigenvalue weighted by Gasteiger charge is -2.10. The minimum absolute atomic E-state index is 0.221. The second-order valence-electron chi connectivity index (χ2n) is 6.41. The van der Waals surface area contributed by atoms with E-state index >= 15 is 0 Å². The van der Waals surface area contributed by atoms with Crippen molar-refractivity contribution >= 4 is 16.7 Å². The van der Waals surface area contributed by atoms with Gasteiger partial charge in [-0.1, -0.05) is 16.4 Å². The Kier molecular flexibility index (Phi) is 3.97. The molecule has 140 valence electrons. The van der Waals surface area contributed by atoms with E-state index in [0.717, 1.165) is 24.0 Å². The first-order chi connectivity index (χ1) is 13.8. The van der Waals surface area contributed by atoms with Gasteiger partial charge < -0.3 is 18.8 Å². The second-order valence-corrected chi connectivity index (χ2v) is 6.41. The molecule has 0 fully saturated rings. The highest BCUT2D eigenvalue weighted by Gasteiger charge is 2.16. The molecular formula is C19H15N5O4. The summed E-state index contributed by atoms with van der Waals surface area (Å²) in [5.41, 5.74) is 1.97. The van der Waals surface area contributed by atoms with Crippen molar-refractivity contribution in [3.8, 4) is 11.1 Å². The lowest BCUT2D eigenvalue weighted by molar-refractivity contribution is 0.254. The number of ether oxygens (including phenoxy) is 1. The van der Waals surface area contributed by atoms with Crippen molar-refractivity contribution in [2.24, 2.45) is 0 Å². The predicted octanol–water partition coefficient (Wildman–Crippen LogP) is 2.70. The number of nitrogens with one attached hydrogen (secondary N) is 1. The summed E-state index contributed by atoms with van der Waals surface area (Å²) in [6.07, 6.45) is 7.19. The van der Waals surface area contributed by atoms with Crippen LogP contribution in [0.5, 0.6) is 0 Å². The van der Waals surface area contributed by atoms with E-state index in [1.54, 1.807) is 18.3 Å². The van der Waals surface area contributed by atoms with Gasteiger partial charge in [-0.15, -0.1) is 0 Å². The Labute approximate surface area is 158 Å². The number of hydrogen-bond acceptors (Lipinski definition) is 8. The van der Waals surface area contributed by atoms with E-state index in [0.29, 0.717) is 40.8 Å². The molecule has 4 heterocycles. The lowest BCUT2D eigenvalue weighted by Crippen LogP contribution is -2.12. The van der Waals surface area contributed by atoms with Gasteiger partial charge in [-0.2, -0.15) is 4.98 Å². The Balaban J connectivity index is 1.44. The van der Waals surface area contributed by atoms with Crippen molar-refractivity contribution in [2.75, 3.05) is 6.61 Å². The predicted molar refractivity (Wildman–Crippen MR) is 98.1 cm³/mol. The topological polar surface area (TPSA) is 120 Å². The molecule has 0 atom stereocenters. The fourth-order valence-corrected chi connectivity index (χ4v) is 3.08. The van der Waals surface area contributed by atoms with E-state index in [4.69, 9.17) is 13.8 Å². The van der Waals surface area contributed by atoms with Crippen LogP contribution in [-0.2, 0) is 11.2 Å². The van der Waals surface area contributed by atoms with Crippen LogP contribution in [-0.4, -0.2) is 31.9 Å². The molecule has 0 saturated heterocycles. The summed E-state index contributed by atoms with van der Waals surface area (Å²) in [4.78, 5) is 24.2. The summed E-state index contributed by atoms with van der Waals surface area (Å²) in [5.74, 6) is 1.84. The number of H-pyrrole nitrogens is 1. The van der Waals surface area contributed by atoms with Crippen LogP contribution in [0.3, 0.4) is 0 Å². The molecule has 0 amide bonds. The number of rotatable bonds is 4. The number of hydrogen-bond donors (Lipinski definition) is 1. The first-order valence-electron chi connectivity index (χ1n) is 8.85. The molecule has 0 aliphatic carbocycles. The molecule has 1 aliphatic heterocycles. The third kappa shape index (κ3) is 3.07. The van der Waals surface area contributed by atoms with Crippen molar-refractivity contribution in [3.63, 3.8) is 0 Å². The molecule has 4 aromatic rings. The molecular weight excluding hydrogens is 362 g/mol. The van der Waals surface area contributed by atoms with Crippen LogP contribution in [0.4, 0.5) is 0 Å². The van der Waals surface area contributed by atoms with Gasteiger partial charge in [-0.25, -0.2) is 4.98 Å². The van der Waals surface area contributed by atoms with Crippen molar-refractivity contribution in [1.29, 1.82) is 0 Å². The third-order valence-electron chi connectivity index (χ3n) is 4.46. The first kappa shape index (κ1) is 16.4. The van der Waals surface area contributed by atoms with Crippen molar-refractivity contribution in [2.45, 2.75) is 19.3 Å². The van der Waals surface area contributed by atoms with Gasteiger partial charge in [-0.05, 0) is 36.6 Å².